The lowest BCUT2D eigenvalue weighted by Gasteiger charge is -2.18. The van der Waals surface area contributed by atoms with Gasteiger partial charge in [0.05, 0.1) is 0 Å². The first-order chi connectivity index (χ1) is 33.5. The molecule has 0 saturated carbocycles. The van der Waals surface area contributed by atoms with Crippen LogP contribution in [0.3, 0.4) is 0 Å². The summed E-state index contributed by atoms with van der Waals surface area (Å²) in [5.74, 6) is -0.886. The number of rotatable bonds is 54. The zero-order valence-electron chi connectivity index (χ0n) is 45.4. The minimum Gasteiger partial charge on any atom is -0.462 e. The van der Waals surface area contributed by atoms with Crippen molar-refractivity contribution in [2.24, 2.45) is 0 Å². The Bertz CT molecular complexity index is 1190. The van der Waals surface area contributed by atoms with Crippen LogP contribution in [0.5, 0.6) is 0 Å². The normalized spacial score (nSPS) is 12.3. The third kappa shape index (κ3) is 54.3. The highest BCUT2D eigenvalue weighted by Gasteiger charge is 2.19. The maximum atomic E-state index is 12.8. The number of carbonyl (C=O) groups excluding carboxylic acids is 3. The summed E-state index contributed by atoms with van der Waals surface area (Å²) >= 11 is 0. The summed E-state index contributed by atoms with van der Waals surface area (Å²) in [5.41, 5.74) is 0. The van der Waals surface area contributed by atoms with Gasteiger partial charge in [0, 0.05) is 19.3 Å². The van der Waals surface area contributed by atoms with Gasteiger partial charge in [0.2, 0.25) is 0 Å². The summed E-state index contributed by atoms with van der Waals surface area (Å²) in [5, 5.41) is 0. The fourth-order valence-corrected chi connectivity index (χ4v) is 8.63. The van der Waals surface area contributed by atoms with Crippen LogP contribution in [0.1, 0.15) is 310 Å². The van der Waals surface area contributed by atoms with Crippen LogP contribution in [-0.4, -0.2) is 37.2 Å². The molecule has 6 nitrogen and oxygen atoms in total. The maximum absolute atomic E-state index is 12.8. The lowest BCUT2D eigenvalue weighted by Crippen LogP contribution is -2.30. The Morgan fingerprint density at radius 1 is 0.309 bits per heavy atom. The second-order valence-electron chi connectivity index (χ2n) is 19.9. The molecule has 0 aromatic carbocycles. The molecule has 0 radical (unpaired) electrons. The van der Waals surface area contributed by atoms with Crippen LogP contribution in [0.25, 0.3) is 0 Å². The van der Waals surface area contributed by atoms with E-state index in [1.807, 2.05) is 0 Å². The maximum Gasteiger partial charge on any atom is 0.306 e. The molecule has 0 aliphatic heterocycles. The minimum atomic E-state index is -0.778. The van der Waals surface area contributed by atoms with Gasteiger partial charge >= 0.3 is 17.9 Å². The summed E-state index contributed by atoms with van der Waals surface area (Å²) in [6.45, 7) is 6.51. The van der Waals surface area contributed by atoms with E-state index >= 15 is 0 Å². The monoisotopic (exact) mass is 953 g/mol. The molecule has 1 unspecified atom stereocenters. The SMILES string of the molecule is CC/C=C\C/C=C\C/C=C\CCCCCCCC(=O)OC(COC(=O)CCCCCCCCCC)COC(=O)CCCCCCCCCCCCCCCCC/C=C\CCCCCCCCCC. The summed E-state index contributed by atoms with van der Waals surface area (Å²) in [6, 6.07) is 0. The molecule has 0 amide bonds. The van der Waals surface area contributed by atoms with E-state index in [1.165, 1.54) is 173 Å². The van der Waals surface area contributed by atoms with Crippen LogP contribution in [0, 0.1) is 0 Å². The van der Waals surface area contributed by atoms with Crippen LogP contribution < -0.4 is 0 Å². The molecule has 0 heterocycles. The van der Waals surface area contributed by atoms with E-state index in [2.05, 4.69) is 69.4 Å². The predicted octanol–water partition coefficient (Wildman–Crippen LogP) is 19.8. The molecule has 0 N–H and O–H groups in total. The molecule has 0 bridgehead atoms. The summed E-state index contributed by atoms with van der Waals surface area (Å²) in [6.07, 6.45) is 69.9. The van der Waals surface area contributed by atoms with E-state index in [4.69, 9.17) is 14.2 Å². The lowest BCUT2D eigenvalue weighted by atomic mass is 10.0. The molecule has 0 aliphatic carbocycles. The van der Waals surface area contributed by atoms with Gasteiger partial charge in [-0.3, -0.25) is 14.4 Å². The van der Waals surface area contributed by atoms with Crippen molar-refractivity contribution in [1.29, 1.82) is 0 Å². The van der Waals surface area contributed by atoms with Crippen LogP contribution in [0.15, 0.2) is 48.6 Å². The second-order valence-corrected chi connectivity index (χ2v) is 19.9. The third-order valence-electron chi connectivity index (χ3n) is 13.1. The van der Waals surface area contributed by atoms with Crippen LogP contribution in [0.2, 0.25) is 0 Å². The molecule has 6 heteroatoms. The molecule has 0 spiro atoms. The van der Waals surface area contributed by atoms with Crippen LogP contribution in [0.4, 0.5) is 0 Å². The average Bonchev–Trinajstić information content (AvgIpc) is 3.34. The first kappa shape index (κ1) is 65.4. The van der Waals surface area contributed by atoms with E-state index in [1.54, 1.807) is 0 Å². The summed E-state index contributed by atoms with van der Waals surface area (Å²) in [4.78, 5) is 38.0. The number of allylic oxidation sites excluding steroid dienone is 8. The quantitative estimate of drug-likeness (QED) is 0.0262. The van der Waals surface area contributed by atoms with Crippen molar-refractivity contribution >= 4 is 17.9 Å². The Morgan fingerprint density at radius 3 is 0.912 bits per heavy atom. The number of carbonyl (C=O) groups is 3. The van der Waals surface area contributed by atoms with Gasteiger partial charge in [-0.25, -0.2) is 0 Å². The number of esters is 3. The Kier molecular flexibility index (Phi) is 54.8. The summed E-state index contributed by atoms with van der Waals surface area (Å²) in [7, 11) is 0. The number of unbranched alkanes of at least 4 members (excludes halogenated alkanes) is 35. The fraction of sp³-hybridized carbons (Fsp3) is 0.823. The largest absolute Gasteiger partial charge is 0.462 e. The van der Waals surface area contributed by atoms with Crippen molar-refractivity contribution < 1.29 is 28.6 Å². The van der Waals surface area contributed by atoms with Gasteiger partial charge in [-0.2, -0.15) is 0 Å². The molecule has 0 rings (SSSR count). The van der Waals surface area contributed by atoms with Gasteiger partial charge in [0.1, 0.15) is 13.2 Å². The Labute approximate surface area is 422 Å². The standard InChI is InChI=1S/C62H112O6/c1-4-7-10-13-16-19-21-23-25-26-27-28-29-30-31-32-33-34-35-36-38-39-41-43-46-49-52-55-61(64)67-58-59(57-66-60(63)54-51-48-45-18-15-12-9-6-3)68-62(65)56-53-50-47-44-42-40-37-24-22-20-17-14-11-8-5-2/h8,11,17,20,24,26-27,37,59H,4-7,9-10,12-16,18-19,21-23,25,28-36,38-58H2,1-3H3/b11-8-,20-17-,27-26-,37-24-. The molecule has 1 atom stereocenters. The molecule has 0 aromatic heterocycles. The molecule has 0 aliphatic rings. The molecule has 0 saturated heterocycles. The van der Waals surface area contributed by atoms with Gasteiger partial charge in [-0.05, 0) is 77.0 Å². The first-order valence-electron chi connectivity index (χ1n) is 29.6. The van der Waals surface area contributed by atoms with Gasteiger partial charge in [-0.1, -0.05) is 262 Å². The van der Waals surface area contributed by atoms with Crippen LogP contribution >= 0.6 is 0 Å². The predicted molar refractivity (Wildman–Crippen MR) is 293 cm³/mol. The summed E-state index contributed by atoms with van der Waals surface area (Å²) < 4.78 is 16.8. The van der Waals surface area contributed by atoms with Crippen LogP contribution in [-0.2, 0) is 28.6 Å². The van der Waals surface area contributed by atoms with E-state index in [9.17, 15) is 14.4 Å². The van der Waals surface area contributed by atoms with Crippen molar-refractivity contribution in [3.05, 3.63) is 48.6 Å². The van der Waals surface area contributed by atoms with Crippen molar-refractivity contribution in [3.8, 4) is 0 Å². The zero-order chi connectivity index (χ0) is 49.3. The van der Waals surface area contributed by atoms with Gasteiger partial charge < -0.3 is 14.2 Å². The Morgan fingerprint density at radius 2 is 0.574 bits per heavy atom. The first-order valence-corrected chi connectivity index (χ1v) is 29.6. The Balaban J connectivity index is 4.11. The van der Waals surface area contributed by atoms with E-state index < -0.39 is 6.10 Å². The Hall–Kier alpha value is -2.63. The third-order valence-corrected chi connectivity index (χ3v) is 13.1. The van der Waals surface area contributed by atoms with Gasteiger partial charge in [0.25, 0.3) is 0 Å². The van der Waals surface area contributed by atoms with Crippen molar-refractivity contribution in [3.63, 3.8) is 0 Å². The lowest BCUT2D eigenvalue weighted by molar-refractivity contribution is -0.167. The van der Waals surface area contributed by atoms with E-state index in [0.717, 1.165) is 96.3 Å². The molecular formula is C62H112O6. The zero-order valence-corrected chi connectivity index (χ0v) is 45.4. The van der Waals surface area contributed by atoms with Gasteiger partial charge in [0.15, 0.2) is 6.10 Å². The second kappa shape index (κ2) is 57.0. The number of ether oxygens (including phenoxy) is 3. The highest BCUT2D eigenvalue weighted by molar-refractivity contribution is 5.71. The number of hydrogen-bond acceptors (Lipinski definition) is 6. The molecule has 68 heavy (non-hydrogen) atoms. The molecule has 0 fully saturated rings. The van der Waals surface area contributed by atoms with E-state index in [-0.39, 0.29) is 31.1 Å². The van der Waals surface area contributed by atoms with Crippen molar-refractivity contribution in [2.45, 2.75) is 316 Å². The van der Waals surface area contributed by atoms with Gasteiger partial charge in [-0.15, -0.1) is 0 Å². The molecule has 0 aromatic rings. The number of hydrogen-bond donors (Lipinski definition) is 0. The van der Waals surface area contributed by atoms with Crippen molar-refractivity contribution in [2.75, 3.05) is 13.2 Å². The van der Waals surface area contributed by atoms with Crippen molar-refractivity contribution in [1.82, 2.24) is 0 Å². The molecular weight excluding hydrogens is 841 g/mol. The van der Waals surface area contributed by atoms with E-state index in [0.29, 0.717) is 19.3 Å². The molecule has 396 valence electrons. The highest BCUT2D eigenvalue weighted by Crippen LogP contribution is 2.16. The average molecular weight is 954 g/mol. The minimum absolute atomic E-state index is 0.0772. The highest BCUT2D eigenvalue weighted by atomic mass is 16.6. The topological polar surface area (TPSA) is 78.9 Å². The fourth-order valence-electron chi connectivity index (χ4n) is 8.63. The smallest absolute Gasteiger partial charge is 0.306 e.